The van der Waals surface area contributed by atoms with Crippen LogP contribution in [0.1, 0.15) is 60.3 Å². The fourth-order valence-corrected chi connectivity index (χ4v) is 3.29. The largest absolute Gasteiger partial charge is 0.312 e. The summed E-state index contributed by atoms with van der Waals surface area (Å²) in [5, 5.41) is 3.77. The van der Waals surface area contributed by atoms with Gasteiger partial charge in [-0.2, -0.15) is 0 Å². The first-order chi connectivity index (χ1) is 8.35. The maximum atomic E-state index is 3.77. The highest BCUT2D eigenvalue weighted by atomic mass is 15.2. The molecule has 18 heavy (non-hydrogen) atoms. The van der Waals surface area contributed by atoms with Crippen LogP contribution in [0, 0.1) is 11.3 Å². The molecule has 1 aliphatic rings. The van der Waals surface area contributed by atoms with Crippen LogP contribution in [-0.4, -0.2) is 37.1 Å². The minimum absolute atomic E-state index is 0.514. The molecule has 0 bridgehead atoms. The van der Waals surface area contributed by atoms with E-state index in [-0.39, 0.29) is 0 Å². The summed E-state index contributed by atoms with van der Waals surface area (Å²) in [7, 11) is 2.31. The van der Waals surface area contributed by atoms with E-state index in [0.717, 1.165) is 12.5 Å². The summed E-state index contributed by atoms with van der Waals surface area (Å²) in [6.45, 7) is 14.1. The van der Waals surface area contributed by atoms with E-state index in [4.69, 9.17) is 0 Å². The molecule has 1 saturated carbocycles. The second-order valence-electron chi connectivity index (χ2n) is 7.37. The molecule has 0 saturated heterocycles. The van der Waals surface area contributed by atoms with Crippen LogP contribution in [0.15, 0.2) is 0 Å². The Morgan fingerprint density at radius 3 is 2.56 bits per heavy atom. The molecule has 0 aromatic carbocycles. The third-order valence-electron chi connectivity index (χ3n) is 4.23. The molecule has 2 unspecified atom stereocenters. The first-order valence-corrected chi connectivity index (χ1v) is 7.79. The Hall–Kier alpha value is -0.0800. The molecule has 0 heterocycles. The minimum atomic E-state index is 0.514. The summed E-state index contributed by atoms with van der Waals surface area (Å²) < 4.78 is 0. The second-order valence-corrected chi connectivity index (χ2v) is 7.37. The standard InChI is InChI=1S/C16H34N2/c1-7-10-17-14-8-9-16(4,5)11-15(14)18(6)12-13(2)3/h13-15,17H,7-12H2,1-6H3. The summed E-state index contributed by atoms with van der Waals surface area (Å²) in [5.41, 5.74) is 0.514. The lowest BCUT2D eigenvalue weighted by Crippen LogP contribution is -2.54. The van der Waals surface area contributed by atoms with Crippen LogP contribution in [0.3, 0.4) is 0 Å². The van der Waals surface area contributed by atoms with E-state index in [0.29, 0.717) is 17.5 Å². The van der Waals surface area contributed by atoms with Gasteiger partial charge in [0, 0.05) is 18.6 Å². The zero-order valence-electron chi connectivity index (χ0n) is 13.4. The lowest BCUT2D eigenvalue weighted by Gasteiger charge is -2.45. The Bertz CT molecular complexity index is 235. The van der Waals surface area contributed by atoms with Crippen LogP contribution in [0.4, 0.5) is 0 Å². The zero-order chi connectivity index (χ0) is 13.8. The summed E-state index contributed by atoms with van der Waals surface area (Å²) in [6.07, 6.45) is 5.26. The predicted octanol–water partition coefficient (Wildman–Crippen LogP) is 3.52. The van der Waals surface area contributed by atoms with Crippen molar-refractivity contribution in [3.8, 4) is 0 Å². The molecule has 2 atom stereocenters. The van der Waals surface area contributed by atoms with Crippen molar-refractivity contribution >= 4 is 0 Å². The topological polar surface area (TPSA) is 15.3 Å². The molecule has 1 fully saturated rings. The molecule has 1 aliphatic carbocycles. The summed E-state index contributed by atoms with van der Waals surface area (Å²) >= 11 is 0. The Morgan fingerprint density at radius 2 is 2.00 bits per heavy atom. The molecule has 108 valence electrons. The van der Waals surface area contributed by atoms with Crippen molar-refractivity contribution in [3.63, 3.8) is 0 Å². The number of likely N-dealkylation sites (N-methyl/N-ethyl adjacent to an activating group) is 1. The molecule has 1 rings (SSSR count). The van der Waals surface area contributed by atoms with Crippen molar-refractivity contribution in [2.45, 2.75) is 72.4 Å². The highest BCUT2D eigenvalue weighted by molar-refractivity contribution is 4.93. The Kier molecular flexibility index (Phi) is 6.13. The van der Waals surface area contributed by atoms with Crippen LogP contribution in [-0.2, 0) is 0 Å². The van der Waals surface area contributed by atoms with Gasteiger partial charge in [0.2, 0.25) is 0 Å². The van der Waals surface area contributed by atoms with E-state index in [1.54, 1.807) is 0 Å². The second kappa shape index (κ2) is 6.91. The minimum Gasteiger partial charge on any atom is -0.312 e. The highest BCUT2D eigenvalue weighted by Crippen LogP contribution is 2.37. The molecule has 0 amide bonds. The summed E-state index contributed by atoms with van der Waals surface area (Å²) in [5.74, 6) is 0.756. The fourth-order valence-electron chi connectivity index (χ4n) is 3.29. The van der Waals surface area contributed by atoms with Gasteiger partial charge in [0.25, 0.3) is 0 Å². The van der Waals surface area contributed by atoms with Gasteiger partial charge in [-0.15, -0.1) is 0 Å². The third kappa shape index (κ3) is 4.89. The van der Waals surface area contributed by atoms with Crippen molar-refractivity contribution in [2.75, 3.05) is 20.1 Å². The molecule has 0 aromatic rings. The third-order valence-corrected chi connectivity index (χ3v) is 4.23. The van der Waals surface area contributed by atoms with Gasteiger partial charge < -0.3 is 10.2 Å². The van der Waals surface area contributed by atoms with Gasteiger partial charge >= 0.3 is 0 Å². The van der Waals surface area contributed by atoms with Crippen LogP contribution in [0.5, 0.6) is 0 Å². The first kappa shape index (κ1) is 16.0. The van der Waals surface area contributed by atoms with Crippen molar-refractivity contribution in [3.05, 3.63) is 0 Å². The normalized spacial score (nSPS) is 28.0. The molecular formula is C16H34N2. The van der Waals surface area contributed by atoms with Crippen LogP contribution in [0.2, 0.25) is 0 Å². The molecule has 0 spiro atoms. The number of nitrogens with zero attached hydrogens (tertiary/aromatic N) is 1. The van der Waals surface area contributed by atoms with E-state index >= 15 is 0 Å². The van der Waals surface area contributed by atoms with Crippen molar-refractivity contribution in [2.24, 2.45) is 11.3 Å². The highest BCUT2D eigenvalue weighted by Gasteiger charge is 2.36. The maximum Gasteiger partial charge on any atom is 0.0251 e. The van der Waals surface area contributed by atoms with Gasteiger partial charge in [-0.05, 0) is 50.6 Å². The van der Waals surface area contributed by atoms with E-state index in [2.05, 4.69) is 51.9 Å². The van der Waals surface area contributed by atoms with E-state index in [1.165, 1.54) is 32.2 Å². The van der Waals surface area contributed by atoms with Crippen LogP contribution < -0.4 is 5.32 Å². The average molecular weight is 254 g/mol. The smallest absolute Gasteiger partial charge is 0.0251 e. The predicted molar refractivity (Wildman–Crippen MR) is 81.0 cm³/mol. The lowest BCUT2D eigenvalue weighted by molar-refractivity contribution is 0.0749. The van der Waals surface area contributed by atoms with Gasteiger partial charge in [-0.1, -0.05) is 34.6 Å². The van der Waals surface area contributed by atoms with Gasteiger partial charge in [0.15, 0.2) is 0 Å². The molecule has 2 heteroatoms. The number of hydrogen-bond donors (Lipinski definition) is 1. The van der Waals surface area contributed by atoms with Crippen molar-refractivity contribution in [1.29, 1.82) is 0 Å². The molecule has 0 aromatic heterocycles. The number of rotatable bonds is 6. The lowest BCUT2D eigenvalue weighted by atomic mass is 9.72. The van der Waals surface area contributed by atoms with Gasteiger partial charge in [0.05, 0.1) is 0 Å². The zero-order valence-corrected chi connectivity index (χ0v) is 13.4. The summed E-state index contributed by atoms with van der Waals surface area (Å²) in [4.78, 5) is 2.60. The Labute approximate surface area is 115 Å². The van der Waals surface area contributed by atoms with Gasteiger partial charge in [0.1, 0.15) is 0 Å². The van der Waals surface area contributed by atoms with Crippen LogP contribution in [0.25, 0.3) is 0 Å². The number of hydrogen-bond acceptors (Lipinski definition) is 2. The Morgan fingerprint density at radius 1 is 1.33 bits per heavy atom. The fraction of sp³-hybridized carbons (Fsp3) is 1.00. The molecule has 2 nitrogen and oxygen atoms in total. The molecule has 1 N–H and O–H groups in total. The summed E-state index contributed by atoms with van der Waals surface area (Å²) in [6, 6.07) is 1.41. The monoisotopic (exact) mass is 254 g/mol. The average Bonchev–Trinajstić information content (AvgIpc) is 2.25. The molecule has 0 radical (unpaired) electrons. The molecule has 0 aliphatic heterocycles. The van der Waals surface area contributed by atoms with Crippen LogP contribution >= 0.6 is 0 Å². The van der Waals surface area contributed by atoms with E-state index in [9.17, 15) is 0 Å². The van der Waals surface area contributed by atoms with E-state index in [1.807, 2.05) is 0 Å². The maximum absolute atomic E-state index is 3.77. The Balaban J connectivity index is 2.64. The SMILES string of the molecule is CCCNC1CCC(C)(C)CC1N(C)CC(C)C. The van der Waals surface area contributed by atoms with Crippen molar-refractivity contribution < 1.29 is 0 Å². The first-order valence-electron chi connectivity index (χ1n) is 7.79. The van der Waals surface area contributed by atoms with Gasteiger partial charge in [-0.3, -0.25) is 0 Å². The molecular weight excluding hydrogens is 220 g/mol. The quantitative estimate of drug-likeness (QED) is 0.780. The van der Waals surface area contributed by atoms with Gasteiger partial charge in [-0.25, -0.2) is 0 Å². The van der Waals surface area contributed by atoms with Crippen molar-refractivity contribution in [1.82, 2.24) is 10.2 Å². The number of nitrogens with one attached hydrogen (secondary N) is 1. The van der Waals surface area contributed by atoms with E-state index < -0.39 is 0 Å².